The summed E-state index contributed by atoms with van der Waals surface area (Å²) < 4.78 is 39.7. The topological polar surface area (TPSA) is 108 Å². The molecule has 1 atom stereocenters. The van der Waals surface area contributed by atoms with Crippen molar-refractivity contribution in [2.45, 2.75) is 30.3 Å². The third-order valence-electron chi connectivity index (χ3n) is 3.83. The minimum atomic E-state index is -3.59. The highest BCUT2D eigenvalue weighted by atomic mass is 32.2. The molecule has 0 aliphatic carbocycles. The summed E-state index contributed by atoms with van der Waals surface area (Å²) in [6, 6.07) is 6.43. The van der Waals surface area contributed by atoms with E-state index in [1.807, 2.05) is 0 Å². The van der Waals surface area contributed by atoms with Crippen molar-refractivity contribution < 1.29 is 17.9 Å². The fourth-order valence-corrected chi connectivity index (χ4v) is 3.64. The van der Waals surface area contributed by atoms with E-state index < -0.39 is 10.0 Å². The van der Waals surface area contributed by atoms with E-state index in [0.29, 0.717) is 31.9 Å². The minimum absolute atomic E-state index is 0.167. The van der Waals surface area contributed by atoms with Crippen molar-refractivity contribution in [2.75, 3.05) is 26.4 Å². The third-order valence-corrected chi connectivity index (χ3v) is 5.29. The van der Waals surface area contributed by atoms with Crippen LogP contribution in [0.25, 0.3) is 5.69 Å². The molecule has 136 valence electrons. The molecule has 10 heteroatoms. The van der Waals surface area contributed by atoms with E-state index in [9.17, 15) is 8.42 Å². The fraction of sp³-hybridized carbons (Fsp3) is 0.533. The lowest BCUT2D eigenvalue weighted by molar-refractivity contribution is 0.0169. The molecule has 1 aromatic heterocycles. The van der Waals surface area contributed by atoms with Crippen LogP contribution in [0.4, 0.5) is 0 Å². The van der Waals surface area contributed by atoms with Gasteiger partial charge in [0.1, 0.15) is 6.33 Å². The second-order valence-electron chi connectivity index (χ2n) is 5.71. The molecule has 2 aromatic rings. The van der Waals surface area contributed by atoms with Crippen LogP contribution in [0.3, 0.4) is 0 Å². The summed E-state index contributed by atoms with van der Waals surface area (Å²) in [7, 11) is -3.59. The Balaban J connectivity index is 1.46. The fourth-order valence-electron chi connectivity index (χ4n) is 2.53. The first-order chi connectivity index (χ1) is 12.1. The first-order valence-electron chi connectivity index (χ1n) is 8.17. The molecule has 1 fully saturated rings. The Kier molecular flexibility index (Phi) is 6.08. The first kappa shape index (κ1) is 17.9. The number of nitrogens with zero attached hydrogens (tertiary/aromatic N) is 4. The number of ether oxygens (including phenoxy) is 2. The molecule has 0 radical (unpaired) electrons. The highest BCUT2D eigenvalue weighted by molar-refractivity contribution is 7.89. The zero-order valence-electron chi connectivity index (χ0n) is 13.7. The van der Waals surface area contributed by atoms with Gasteiger partial charge in [0.25, 0.3) is 0 Å². The predicted octanol–water partition coefficient (Wildman–Crippen LogP) is 0.526. The zero-order valence-corrected chi connectivity index (χ0v) is 14.6. The summed E-state index contributed by atoms with van der Waals surface area (Å²) in [5.74, 6) is 0. The van der Waals surface area contributed by atoms with Gasteiger partial charge < -0.3 is 9.47 Å². The van der Waals surface area contributed by atoms with Crippen molar-refractivity contribution in [2.24, 2.45) is 0 Å². The van der Waals surface area contributed by atoms with Gasteiger partial charge in [-0.05, 0) is 47.9 Å². The van der Waals surface area contributed by atoms with Gasteiger partial charge >= 0.3 is 0 Å². The van der Waals surface area contributed by atoms with Gasteiger partial charge in [-0.1, -0.05) is 6.07 Å². The Labute approximate surface area is 146 Å². The smallest absolute Gasteiger partial charge is 0.240 e. The van der Waals surface area contributed by atoms with Gasteiger partial charge in [-0.15, -0.1) is 5.10 Å². The molecule has 0 amide bonds. The Morgan fingerprint density at radius 1 is 1.40 bits per heavy atom. The van der Waals surface area contributed by atoms with Crippen molar-refractivity contribution in [1.82, 2.24) is 24.9 Å². The zero-order chi connectivity index (χ0) is 17.5. The first-order valence-corrected chi connectivity index (χ1v) is 9.66. The molecule has 1 saturated heterocycles. The highest BCUT2D eigenvalue weighted by Crippen LogP contribution is 2.14. The van der Waals surface area contributed by atoms with E-state index in [0.717, 1.165) is 19.4 Å². The van der Waals surface area contributed by atoms with E-state index in [4.69, 9.17) is 9.47 Å². The molecule has 25 heavy (non-hydrogen) atoms. The Morgan fingerprint density at radius 2 is 2.32 bits per heavy atom. The molecule has 9 nitrogen and oxygen atoms in total. The van der Waals surface area contributed by atoms with Crippen LogP contribution in [0.2, 0.25) is 0 Å². The van der Waals surface area contributed by atoms with E-state index in [2.05, 4.69) is 20.2 Å². The van der Waals surface area contributed by atoms with E-state index in [1.54, 1.807) is 12.1 Å². The predicted molar refractivity (Wildman–Crippen MR) is 88.8 cm³/mol. The lowest BCUT2D eigenvalue weighted by atomic mass is 10.2. The molecular weight excluding hydrogens is 346 g/mol. The number of tetrazole rings is 1. The SMILES string of the molecule is O=S(=O)(NCCCOCC1CCCO1)c1cccc(-n2cnnn2)c1. The van der Waals surface area contributed by atoms with Crippen LogP contribution in [0.5, 0.6) is 0 Å². The number of hydrogen-bond donors (Lipinski definition) is 1. The summed E-state index contributed by atoms with van der Waals surface area (Å²) in [4.78, 5) is 0.167. The number of hydrogen-bond acceptors (Lipinski definition) is 7. The lowest BCUT2D eigenvalue weighted by Gasteiger charge is -2.11. The molecule has 1 aliphatic heterocycles. The highest BCUT2D eigenvalue weighted by Gasteiger charge is 2.16. The molecule has 1 unspecified atom stereocenters. The molecule has 0 spiro atoms. The second kappa shape index (κ2) is 8.48. The second-order valence-corrected chi connectivity index (χ2v) is 7.48. The van der Waals surface area contributed by atoms with E-state index in [-0.39, 0.29) is 11.0 Å². The summed E-state index contributed by atoms with van der Waals surface area (Å²) in [5.41, 5.74) is 0.577. The number of nitrogens with one attached hydrogen (secondary N) is 1. The van der Waals surface area contributed by atoms with Gasteiger partial charge in [0.2, 0.25) is 10.0 Å². The Bertz CT molecular complexity index is 760. The lowest BCUT2D eigenvalue weighted by Crippen LogP contribution is -2.26. The molecule has 1 N–H and O–H groups in total. The summed E-state index contributed by atoms with van der Waals surface area (Å²) >= 11 is 0. The average molecular weight is 367 g/mol. The monoisotopic (exact) mass is 367 g/mol. The van der Waals surface area contributed by atoms with E-state index in [1.165, 1.54) is 23.1 Å². The van der Waals surface area contributed by atoms with Crippen LogP contribution >= 0.6 is 0 Å². The number of benzene rings is 1. The standard InChI is InChI=1S/C15H21N5O4S/c21-25(22,17-7-3-8-23-11-14-5-2-9-24-14)15-6-1-4-13(10-15)20-12-16-18-19-20/h1,4,6,10,12,14,17H,2-3,5,7-9,11H2. The van der Waals surface area contributed by atoms with E-state index >= 15 is 0 Å². The molecule has 3 rings (SSSR count). The van der Waals surface area contributed by atoms with Gasteiger partial charge in [-0.3, -0.25) is 0 Å². The number of aromatic nitrogens is 4. The Morgan fingerprint density at radius 3 is 3.08 bits per heavy atom. The van der Waals surface area contributed by atoms with Gasteiger partial charge in [0.05, 0.1) is 23.3 Å². The Hall–Kier alpha value is -1.88. The molecule has 1 aliphatic rings. The van der Waals surface area contributed by atoms with Gasteiger partial charge in [0.15, 0.2) is 0 Å². The summed E-state index contributed by atoms with van der Waals surface area (Å²) in [6.45, 7) is 2.17. The maximum atomic E-state index is 12.4. The maximum Gasteiger partial charge on any atom is 0.240 e. The van der Waals surface area contributed by atoms with Gasteiger partial charge in [-0.25, -0.2) is 17.8 Å². The maximum absolute atomic E-state index is 12.4. The molecular formula is C15H21N5O4S. The van der Waals surface area contributed by atoms with Gasteiger partial charge in [0, 0.05) is 19.8 Å². The van der Waals surface area contributed by atoms with Crippen LogP contribution < -0.4 is 4.72 Å². The van der Waals surface area contributed by atoms with Crippen molar-refractivity contribution in [3.8, 4) is 5.69 Å². The quantitative estimate of drug-likeness (QED) is 0.644. The molecule has 2 heterocycles. The van der Waals surface area contributed by atoms with Gasteiger partial charge in [-0.2, -0.15) is 0 Å². The largest absolute Gasteiger partial charge is 0.379 e. The van der Waals surface area contributed by atoms with Crippen LogP contribution in [0.15, 0.2) is 35.5 Å². The number of sulfonamides is 1. The van der Waals surface area contributed by atoms with Crippen molar-refractivity contribution in [3.63, 3.8) is 0 Å². The number of rotatable bonds is 9. The summed E-state index contributed by atoms with van der Waals surface area (Å²) in [5, 5.41) is 10.8. The third kappa shape index (κ3) is 5.05. The molecule has 0 saturated carbocycles. The molecule has 0 bridgehead atoms. The van der Waals surface area contributed by atoms with Crippen molar-refractivity contribution >= 4 is 10.0 Å². The molecule has 1 aromatic carbocycles. The normalized spacial score (nSPS) is 17.8. The van der Waals surface area contributed by atoms with Crippen LogP contribution in [-0.2, 0) is 19.5 Å². The van der Waals surface area contributed by atoms with Crippen LogP contribution in [0, 0.1) is 0 Å². The van der Waals surface area contributed by atoms with Crippen molar-refractivity contribution in [1.29, 1.82) is 0 Å². The van der Waals surface area contributed by atoms with Crippen LogP contribution in [-0.4, -0.2) is 61.1 Å². The average Bonchev–Trinajstić information content (AvgIpc) is 3.31. The van der Waals surface area contributed by atoms with Crippen LogP contribution in [0.1, 0.15) is 19.3 Å². The van der Waals surface area contributed by atoms with Crippen molar-refractivity contribution in [3.05, 3.63) is 30.6 Å². The minimum Gasteiger partial charge on any atom is -0.379 e. The summed E-state index contributed by atoms with van der Waals surface area (Å²) in [6.07, 6.45) is 4.30.